The molecule has 2 N–H and O–H groups in total. The van der Waals surface area contributed by atoms with Crippen molar-refractivity contribution >= 4 is 16.8 Å². The smallest absolute Gasteiger partial charge is 0.254 e. The molecule has 2 fully saturated rings. The maximum Gasteiger partial charge on any atom is 0.254 e. The van der Waals surface area contributed by atoms with E-state index in [9.17, 15) is 9.90 Å². The van der Waals surface area contributed by atoms with Gasteiger partial charge in [0.2, 0.25) is 0 Å². The number of hydrogen-bond acceptors (Lipinski definition) is 3. The lowest BCUT2D eigenvalue weighted by molar-refractivity contribution is -0.0383. The van der Waals surface area contributed by atoms with Crippen LogP contribution in [0.15, 0.2) is 30.5 Å². The minimum absolute atomic E-state index is 0.0179. The molecule has 23 heavy (non-hydrogen) atoms. The fourth-order valence-electron chi connectivity index (χ4n) is 4.00. The molecule has 0 bridgehead atoms. The molecule has 2 aromatic rings. The number of nitrogens with zero attached hydrogens (tertiary/aromatic N) is 1. The number of aromatic nitrogens is 1. The number of carbonyl (C=O) groups is 1. The largest absolute Gasteiger partial charge is 0.393 e. The van der Waals surface area contributed by atoms with Gasteiger partial charge in [-0.3, -0.25) is 4.79 Å². The molecule has 1 aliphatic heterocycles. The van der Waals surface area contributed by atoms with Gasteiger partial charge >= 0.3 is 0 Å². The van der Waals surface area contributed by atoms with Crippen molar-refractivity contribution in [2.24, 2.45) is 5.92 Å². The summed E-state index contributed by atoms with van der Waals surface area (Å²) in [5.74, 6) is 0.177. The molecule has 0 unspecified atom stereocenters. The van der Waals surface area contributed by atoms with Crippen LogP contribution in [0.2, 0.25) is 0 Å². The number of aliphatic hydroxyl groups is 1. The minimum atomic E-state index is -0.316. The number of nitrogens with one attached hydrogen (secondary N) is 1. The highest BCUT2D eigenvalue weighted by Crippen LogP contribution is 2.33. The van der Waals surface area contributed by atoms with Crippen molar-refractivity contribution in [2.75, 3.05) is 19.8 Å². The first-order valence-corrected chi connectivity index (χ1v) is 8.38. The van der Waals surface area contributed by atoms with Crippen molar-refractivity contribution < 1.29 is 14.6 Å². The lowest BCUT2D eigenvalue weighted by Gasteiger charge is -2.40. The Labute approximate surface area is 135 Å². The Morgan fingerprint density at radius 2 is 2.22 bits per heavy atom. The topological polar surface area (TPSA) is 65.6 Å². The number of fused-ring (bicyclic) bond motifs is 1. The van der Waals surface area contributed by atoms with Crippen LogP contribution < -0.4 is 0 Å². The zero-order chi connectivity index (χ0) is 15.8. The monoisotopic (exact) mass is 314 g/mol. The van der Waals surface area contributed by atoms with Crippen LogP contribution in [0.3, 0.4) is 0 Å². The number of ether oxygens (including phenoxy) is 1. The molecule has 5 nitrogen and oxygen atoms in total. The van der Waals surface area contributed by atoms with Crippen LogP contribution in [0.25, 0.3) is 10.9 Å². The van der Waals surface area contributed by atoms with Crippen molar-refractivity contribution in [2.45, 2.75) is 31.4 Å². The van der Waals surface area contributed by atoms with Gasteiger partial charge in [-0.1, -0.05) is 6.42 Å². The third kappa shape index (κ3) is 2.64. The van der Waals surface area contributed by atoms with Gasteiger partial charge in [0, 0.05) is 35.1 Å². The molecular formula is C18H22N2O3. The first kappa shape index (κ1) is 14.7. The Morgan fingerprint density at radius 1 is 1.30 bits per heavy atom. The first-order chi connectivity index (χ1) is 11.2. The molecule has 1 aliphatic carbocycles. The minimum Gasteiger partial charge on any atom is -0.393 e. The molecule has 1 saturated carbocycles. The Balaban J connectivity index is 1.61. The van der Waals surface area contributed by atoms with Crippen molar-refractivity contribution in [1.29, 1.82) is 0 Å². The standard InChI is InChI=1S/C18H22N2O3/c21-17-3-1-2-14(17)16-11-23-9-8-20(16)18(22)13-4-5-15-12(10-13)6-7-19-15/h4-7,10,14,16-17,19,21H,1-3,8-9,11H2/t14-,16-,17+/m1/s1. The molecule has 122 valence electrons. The van der Waals surface area contributed by atoms with Crippen LogP contribution in [0.5, 0.6) is 0 Å². The summed E-state index contributed by atoms with van der Waals surface area (Å²) in [5.41, 5.74) is 1.74. The molecule has 2 heterocycles. The second-order valence-electron chi connectivity index (χ2n) is 6.58. The summed E-state index contributed by atoms with van der Waals surface area (Å²) in [6.07, 6.45) is 4.39. The molecule has 3 atom stereocenters. The van der Waals surface area contributed by atoms with E-state index >= 15 is 0 Å². The van der Waals surface area contributed by atoms with E-state index in [1.54, 1.807) is 0 Å². The molecule has 0 spiro atoms. The number of hydrogen-bond donors (Lipinski definition) is 2. The van der Waals surface area contributed by atoms with Crippen molar-refractivity contribution in [3.8, 4) is 0 Å². The van der Waals surface area contributed by atoms with E-state index in [0.29, 0.717) is 25.3 Å². The second-order valence-corrected chi connectivity index (χ2v) is 6.58. The summed E-state index contributed by atoms with van der Waals surface area (Å²) in [6.45, 7) is 1.69. The molecule has 5 heteroatoms. The van der Waals surface area contributed by atoms with Gasteiger partial charge in [-0.2, -0.15) is 0 Å². The molecule has 0 radical (unpaired) electrons. The Morgan fingerprint density at radius 3 is 3.04 bits per heavy atom. The summed E-state index contributed by atoms with van der Waals surface area (Å²) in [7, 11) is 0. The summed E-state index contributed by atoms with van der Waals surface area (Å²) in [4.78, 5) is 18.1. The Hall–Kier alpha value is -1.85. The number of benzene rings is 1. The normalized spacial score (nSPS) is 28.4. The fraction of sp³-hybridized carbons (Fsp3) is 0.500. The van der Waals surface area contributed by atoms with Gasteiger partial charge in [-0.25, -0.2) is 0 Å². The van der Waals surface area contributed by atoms with E-state index in [1.165, 1.54) is 0 Å². The van der Waals surface area contributed by atoms with Gasteiger partial charge in [0.15, 0.2) is 0 Å². The van der Waals surface area contributed by atoms with Gasteiger partial charge < -0.3 is 19.7 Å². The van der Waals surface area contributed by atoms with E-state index in [4.69, 9.17) is 4.74 Å². The van der Waals surface area contributed by atoms with Crippen molar-refractivity contribution in [3.05, 3.63) is 36.0 Å². The van der Waals surface area contributed by atoms with E-state index < -0.39 is 0 Å². The quantitative estimate of drug-likeness (QED) is 0.893. The van der Waals surface area contributed by atoms with Gasteiger partial charge in [0.05, 0.1) is 25.4 Å². The molecule has 1 aromatic carbocycles. The number of rotatable bonds is 2. The number of H-pyrrole nitrogens is 1. The summed E-state index contributed by atoms with van der Waals surface area (Å²) < 4.78 is 5.61. The summed E-state index contributed by atoms with van der Waals surface area (Å²) in [6, 6.07) is 7.71. The number of aromatic amines is 1. The highest BCUT2D eigenvalue weighted by Gasteiger charge is 2.39. The lowest BCUT2D eigenvalue weighted by Crippen LogP contribution is -2.53. The van der Waals surface area contributed by atoms with Crippen molar-refractivity contribution in [1.82, 2.24) is 9.88 Å². The highest BCUT2D eigenvalue weighted by atomic mass is 16.5. The average molecular weight is 314 g/mol. The number of amides is 1. The second kappa shape index (κ2) is 5.98. The van der Waals surface area contributed by atoms with Gasteiger partial charge in [0.1, 0.15) is 0 Å². The van der Waals surface area contributed by atoms with Gasteiger partial charge in [0.25, 0.3) is 5.91 Å². The summed E-state index contributed by atoms with van der Waals surface area (Å²) in [5, 5.41) is 11.3. The van der Waals surface area contributed by atoms with Crippen LogP contribution in [-0.4, -0.2) is 52.8 Å². The van der Waals surface area contributed by atoms with Crippen molar-refractivity contribution in [3.63, 3.8) is 0 Å². The molecule has 1 saturated heterocycles. The number of morpholine rings is 1. The Bertz CT molecular complexity index is 711. The van der Waals surface area contributed by atoms with Crippen LogP contribution in [0.1, 0.15) is 29.6 Å². The number of carbonyl (C=O) groups excluding carboxylic acids is 1. The van der Waals surface area contributed by atoms with Crippen LogP contribution >= 0.6 is 0 Å². The SMILES string of the molecule is O=C(c1ccc2[nH]ccc2c1)N1CCOC[C@@H]1[C@H]1CCC[C@@H]1O. The predicted molar refractivity (Wildman–Crippen MR) is 87.3 cm³/mol. The molecule has 1 amide bonds. The van der Waals surface area contributed by atoms with E-state index in [2.05, 4.69) is 4.98 Å². The summed E-state index contributed by atoms with van der Waals surface area (Å²) >= 11 is 0. The molecule has 4 rings (SSSR count). The average Bonchev–Trinajstić information content (AvgIpc) is 3.22. The Kier molecular flexibility index (Phi) is 3.83. The van der Waals surface area contributed by atoms with E-state index in [1.807, 2.05) is 35.4 Å². The van der Waals surface area contributed by atoms with Crippen LogP contribution in [-0.2, 0) is 4.74 Å². The van der Waals surface area contributed by atoms with E-state index in [-0.39, 0.29) is 24.0 Å². The molecule has 2 aliphatic rings. The zero-order valence-electron chi connectivity index (χ0n) is 13.1. The maximum atomic E-state index is 13.0. The van der Waals surface area contributed by atoms with Gasteiger partial charge in [-0.15, -0.1) is 0 Å². The van der Waals surface area contributed by atoms with Crippen LogP contribution in [0, 0.1) is 5.92 Å². The third-order valence-electron chi connectivity index (χ3n) is 5.25. The molecular weight excluding hydrogens is 292 g/mol. The zero-order valence-corrected chi connectivity index (χ0v) is 13.1. The lowest BCUT2D eigenvalue weighted by atomic mass is 9.93. The predicted octanol–water partition coefficient (Wildman–Crippen LogP) is 2.17. The first-order valence-electron chi connectivity index (χ1n) is 8.38. The third-order valence-corrected chi connectivity index (χ3v) is 5.25. The molecule has 1 aromatic heterocycles. The van der Waals surface area contributed by atoms with Crippen LogP contribution in [0.4, 0.5) is 0 Å². The van der Waals surface area contributed by atoms with Gasteiger partial charge in [-0.05, 0) is 37.1 Å². The fourth-order valence-corrected chi connectivity index (χ4v) is 4.00. The highest BCUT2D eigenvalue weighted by molar-refractivity contribution is 5.98. The van der Waals surface area contributed by atoms with E-state index in [0.717, 1.165) is 30.2 Å². The number of aliphatic hydroxyl groups excluding tert-OH is 1. The maximum absolute atomic E-state index is 13.0.